The lowest BCUT2D eigenvalue weighted by Crippen LogP contribution is -2.48. The fourth-order valence-electron chi connectivity index (χ4n) is 3.39. The minimum Gasteiger partial charge on any atom is -0.497 e. The number of nitrogens with one attached hydrogen (secondary N) is 2. The fraction of sp³-hybridized carbons (Fsp3) is 0.240. The number of halogens is 1. The number of sulfonamides is 1. The summed E-state index contributed by atoms with van der Waals surface area (Å²) in [7, 11) is -1.14. The molecule has 0 saturated carbocycles. The second kappa shape index (κ2) is 11.9. The first kappa shape index (κ1) is 25.6. The Kier molecular flexibility index (Phi) is 8.92. The quantitative estimate of drug-likeness (QED) is 0.418. The number of hydrogen-bond acceptors (Lipinski definition) is 5. The second-order valence-electron chi connectivity index (χ2n) is 7.55. The van der Waals surface area contributed by atoms with Crippen molar-refractivity contribution in [3.05, 3.63) is 88.9 Å². The van der Waals surface area contributed by atoms with E-state index in [1.54, 1.807) is 7.11 Å². The molecule has 0 aliphatic heterocycles. The van der Waals surface area contributed by atoms with Crippen LogP contribution in [0.1, 0.15) is 11.1 Å². The van der Waals surface area contributed by atoms with Crippen LogP contribution in [-0.2, 0) is 27.7 Å². The average molecular weight is 503 g/mol. The van der Waals surface area contributed by atoms with Crippen LogP contribution in [-0.4, -0.2) is 41.1 Å². The summed E-state index contributed by atoms with van der Waals surface area (Å²) in [5.74, 6) is 0.457. The average Bonchev–Trinajstić information content (AvgIpc) is 2.84. The number of benzene rings is 3. The zero-order valence-corrected chi connectivity index (χ0v) is 20.5. The van der Waals surface area contributed by atoms with E-state index in [4.69, 9.17) is 21.1 Å². The van der Waals surface area contributed by atoms with Crippen molar-refractivity contribution in [3.63, 3.8) is 0 Å². The van der Waals surface area contributed by atoms with Crippen molar-refractivity contribution in [1.29, 1.82) is 0 Å². The molecule has 9 heteroatoms. The van der Waals surface area contributed by atoms with Crippen LogP contribution in [0.3, 0.4) is 0 Å². The van der Waals surface area contributed by atoms with Gasteiger partial charge in [0, 0.05) is 11.6 Å². The summed E-state index contributed by atoms with van der Waals surface area (Å²) in [5.41, 5.74) is 1.84. The predicted molar refractivity (Wildman–Crippen MR) is 132 cm³/mol. The molecule has 0 aliphatic carbocycles. The highest BCUT2D eigenvalue weighted by Crippen LogP contribution is 2.27. The molecule has 3 aromatic rings. The molecule has 0 aromatic heterocycles. The van der Waals surface area contributed by atoms with Crippen LogP contribution in [0.4, 0.5) is 0 Å². The summed E-state index contributed by atoms with van der Waals surface area (Å²) in [6.07, 6.45) is 0.764. The SMILES string of the molecule is COc1ccc(CCNC(=O)[C@H](Cc2ccccc2)NS(=O)(=O)c2cc(Cl)ccc2OC)cc1. The van der Waals surface area contributed by atoms with Gasteiger partial charge >= 0.3 is 0 Å². The van der Waals surface area contributed by atoms with Gasteiger partial charge in [-0.25, -0.2) is 8.42 Å². The molecule has 1 atom stereocenters. The summed E-state index contributed by atoms with van der Waals surface area (Å²) in [4.78, 5) is 12.9. The van der Waals surface area contributed by atoms with Crippen molar-refractivity contribution in [3.8, 4) is 11.5 Å². The van der Waals surface area contributed by atoms with Crippen molar-refractivity contribution < 1.29 is 22.7 Å². The summed E-state index contributed by atoms with van der Waals surface area (Å²) < 4.78 is 39.2. The van der Waals surface area contributed by atoms with E-state index in [2.05, 4.69) is 10.0 Å². The molecule has 0 radical (unpaired) electrons. The molecule has 3 aromatic carbocycles. The Morgan fingerprint density at radius 1 is 0.941 bits per heavy atom. The smallest absolute Gasteiger partial charge is 0.245 e. The van der Waals surface area contributed by atoms with Crippen molar-refractivity contribution in [2.75, 3.05) is 20.8 Å². The third-order valence-electron chi connectivity index (χ3n) is 5.18. The maximum absolute atomic E-state index is 13.2. The first-order chi connectivity index (χ1) is 16.3. The van der Waals surface area contributed by atoms with Gasteiger partial charge in [-0.2, -0.15) is 4.72 Å². The molecule has 1 amide bonds. The summed E-state index contributed by atoms with van der Waals surface area (Å²) in [6, 6.07) is 20.0. The van der Waals surface area contributed by atoms with E-state index < -0.39 is 22.0 Å². The second-order valence-corrected chi connectivity index (χ2v) is 9.67. The van der Waals surface area contributed by atoms with Gasteiger partial charge < -0.3 is 14.8 Å². The van der Waals surface area contributed by atoms with Crippen LogP contribution in [0.5, 0.6) is 11.5 Å². The van der Waals surface area contributed by atoms with Gasteiger partial charge in [-0.1, -0.05) is 54.1 Å². The van der Waals surface area contributed by atoms with Crippen LogP contribution in [0.25, 0.3) is 0 Å². The molecule has 0 heterocycles. The predicted octanol–water partition coefficient (Wildman–Crippen LogP) is 3.61. The number of carbonyl (C=O) groups excluding carboxylic acids is 1. The van der Waals surface area contributed by atoms with Crippen molar-refractivity contribution >= 4 is 27.5 Å². The van der Waals surface area contributed by atoms with Gasteiger partial charge in [0.25, 0.3) is 0 Å². The van der Waals surface area contributed by atoms with Crippen LogP contribution in [0.15, 0.2) is 77.7 Å². The van der Waals surface area contributed by atoms with Gasteiger partial charge in [-0.05, 0) is 54.3 Å². The number of carbonyl (C=O) groups is 1. The minimum absolute atomic E-state index is 0.133. The summed E-state index contributed by atoms with van der Waals surface area (Å²) in [6.45, 7) is 0.346. The lowest BCUT2D eigenvalue weighted by molar-refractivity contribution is -0.122. The Labute approximate surface area is 205 Å². The number of rotatable bonds is 11. The van der Waals surface area contributed by atoms with E-state index in [1.165, 1.54) is 25.3 Å². The van der Waals surface area contributed by atoms with Crippen LogP contribution in [0.2, 0.25) is 5.02 Å². The van der Waals surface area contributed by atoms with Crippen LogP contribution >= 0.6 is 11.6 Å². The van der Waals surface area contributed by atoms with Crippen LogP contribution in [0, 0.1) is 0 Å². The first-order valence-corrected chi connectivity index (χ1v) is 12.5. The Hall–Kier alpha value is -3.07. The van der Waals surface area contributed by atoms with Crippen molar-refractivity contribution in [2.45, 2.75) is 23.8 Å². The highest BCUT2D eigenvalue weighted by atomic mass is 35.5. The molecule has 2 N–H and O–H groups in total. The molecule has 180 valence electrons. The summed E-state index contributed by atoms with van der Waals surface area (Å²) >= 11 is 6.02. The Bertz CT molecular complexity index is 1200. The Morgan fingerprint density at radius 3 is 2.29 bits per heavy atom. The van der Waals surface area contributed by atoms with E-state index >= 15 is 0 Å². The normalized spacial score (nSPS) is 12.1. The van der Waals surface area contributed by atoms with E-state index in [1.807, 2.05) is 54.6 Å². The van der Waals surface area contributed by atoms with Gasteiger partial charge in [-0.15, -0.1) is 0 Å². The molecular formula is C25H27ClN2O5S. The lowest BCUT2D eigenvalue weighted by atomic mass is 10.1. The largest absolute Gasteiger partial charge is 0.497 e. The standard InChI is InChI=1S/C25H27ClN2O5S/c1-32-21-11-8-18(9-12-21)14-15-27-25(29)22(16-19-6-4-3-5-7-19)28-34(30,31)24-17-20(26)10-13-23(24)33-2/h3-13,17,22,28H,14-16H2,1-2H3,(H,27,29)/t22-/m0/s1. The zero-order chi connectivity index (χ0) is 24.6. The van der Waals surface area contributed by atoms with E-state index in [0.717, 1.165) is 16.9 Å². The van der Waals surface area contributed by atoms with E-state index in [-0.39, 0.29) is 22.1 Å². The van der Waals surface area contributed by atoms with Crippen molar-refractivity contribution in [1.82, 2.24) is 10.0 Å². The van der Waals surface area contributed by atoms with E-state index in [0.29, 0.717) is 13.0 Å². The Balaban J connectivity index is 1.76. The first-order valence-electron chi connectivity index (χ1n) is 10.6. The molecule has 0 unspecified atom stereocenters. The number of amides is 1. The van der Waals surface area contributed by atoms with Crippen LogP contribution < -0.4 is 19.5 Å². The maximum Gasteiger partial charge on any atom is 0.245 e. The molecule has 0 fully saturated rings. The molecular weight excluding hydrogens is 476 g/mol. The number of ether oxygens (including phenoxy) is 2. The topological polar surface area (TPSA) is 93.7 Å². The Morgan fingerprint density at radius 2 is 1.65 bits per heavy atom. The van der Waals surface area contributed by atoms with Gasteiger partial charge in [0.15, 0.2) is 0 Å². The summed E-state index contributed by atoms with van der Waals surface area (Å²) in [5, 5.41) is 3.08. The molecule has 0 aliphatic rings. The molecule has 3 rings (SSSR count). The van der Waals surface area contributed by atoms with E-state index in [9.17, 15) is 13.2 Å². The highest BCUT2D eigenvalue weighted by Gasteiger charge is 2.28. The highest BCUT2D eigenvalue weighted by molar-refractivity contribution is 7.89. The number of methoxy groups -OCH3 is 2. The number of hydrogen-bond donors (Lipinski definition) is 2. The third kappa shape index (κ3) is 6.96. The maximum atomic E-state index is 13.2. The van der Waals surface area contributed by atoms with Crippen molar-refractivity contribution in [2.24, 2.45) is 0 Å². The fourth-order valence-corrected chi connectivity index (χ4v) is 5.02. The molecule has 34 heavy (non-hydrogen) atoms. The monoisotopic (exact) mass is 502 g/mol. The molecule has 0 spiro atoms. The zero-order valence-electron chi connectivity index (χ0n) is 19.0. The van der Waals surface area contributed by atoms with Gasteiger partial charge in [0.2, 0.25) is 15.9 Å². The van der Waals surface area contributed by atoms with Gasteiger partial charge in [-0.3, -0.25) is 4.79 Å². The van der Waals surface area contributed by atoms with Gasteiger partial charge in [0.1, 0.15) is 22.4 Å². The molecule has 0 saturated heterocycles. The van der Waals surface area contributed by atoms with Gasteiger partial charge in [0.05, 0.1) is 14.2 Å². The molecule has 7 nitrogen and oxygen atoms in total. The lowest BCUT2D eigenvalue weighted by Gasteiger charge is -2.20. The third-order valence-corrected chi connectivity index (χ3v) is 6.91. The molecule has 0 bridgehead atoms. The minimum atomic E-state index is -4.11.